The normalized spacial score (nSPS) is 18.2. The van der Waals surface area contributed by atoms with Gasteiger partial charge in [-0.2, -0.15) is 15.0 Å². The van der Waals surface area contributed by atoms with E-state index in [2.05, 4.69) is 25.6 Å². The van der Waals surface area contributed by atoms with E-state index in [1.54, 1.807) is 14.1 Å². The minimum absolute atomic E-state index is 0.0147. The third kappa shape index (κ3) is 3.50. The number of aromatic nitrogens is 3. The summed E-state index contributed by atoms with van der Waals surface area (Å²) < 4.78 is 5.37. The van der Waals surface area contributed by atoms with Gasteiger partial charge in [-0.1, -0.05) is 0 Å². The van der Waals surface area contributed by atoms with Crippen LogP contribution in [0.5, 0.6) is 6.01 Å². The van der Waals surface area contributed by atoms with Crippen LogP contribution in [-0.2, 0) is 4.79 Å². The fourth-order valence-electron chi connectivity index (χ4n) is 2.39. The van der Waals surface area contributed by atoms with Crippen LogP contribution in [0.4, 0.5) is 11.9 Å². The molecular weight excluding hydrogens is 272 g/mol. The van der Waals surface area contributed by atoms with E-state index in [0.717, 1.165) is 25.8 Å². The molecule has 21 heavy (non-hydrogen) atoms. The van der Waals surface area contributed by atoms with Crippen LogP contribution in [0.25, 0.3) is 0 Å². The molecular formula is C13H22N6O2. The number of carbonyl (C=O) groups is 1. The minimum atomic E-state index is -0.245. The van der Waals surface area contributed by atoms with Gasteiger partial charge in [0.15, 0.2) is 0 Å². The van der Waals surface area contributed by atoms with Crippen molar-refractivity contribution in [3.8, 4) is 6.01 Å². The Morgan fingerprint density at radius 2 is 2.14 bits per heavy atom. The maximum absolute atomic E-state index is 12.0. The summed E-state index contributed by atoms with van der Waals surface area (Å²) in [7, 11) is 3.38. The second-order valence-electron chi connectivity index (χ2n) is 4.74. The van der Waals surface area contributed by atoms with Crippen molar-refractivity contribution in [2.24, 2.45) is 0 Å². The molecule has 2 rings (SSSR count). The van der Waals surface area contributed by atoms with E-state index in [4.69, 9.17) is 4.74 Å². The molecule has 1 aromatic heterocycles. The molecule has 1 unspecified atom stereocenters. The van der Waals surface area contributed by atoms with Gasteiger partial charge in [-0.15, -0.1) is 0 Å². The molecule has 1 aliphatic rings. The first-order valence-corrected chi connectivity index (χ1v) is 7.24. The monoisotopic (exact) mass is 294 g/mol. The van der Waals surface area contributed by atoms with Gasteiger partial charge >= 0.3 is 6.01 Å². The van der Waals surface area contributed by atoms with E-state index in [1.807, 2.05) is 11.8 Å². The molecule has 0 bridgehead atoms. The second-order valence-corrected chi connectivity index (χ2v) is 4.74. The van der Waals surface area contributed by atoms with Gasteiger partial charge in [0.2, 0.25) is 17.8 Å². The zero-order valence-corrected chi connectivity index (χ0v) is 12.7. The highest BCUT2D eigenvalue weighted by Crippen LogP contribution is 2.24. The van der Waals surface area contributed by atoms with Crippen molar-refractivity contribution in [2.45, 2.75) is 32.2 Å². The van der Waals surface area contributed by atoms with Crippen LogP contribution in [0.3, 0.4) is 0 Å². The number of ether oxygens (including phenoxy) is 1. The van der Waals surface area contributed by atoms with Crippen molar-refractivity contribution < 1.29 is 9.53 Å². The average molecular weight is 294 g/mol. The second kappa shape index (κ2) is 7.05. The zero-order valence-electron chi connectivity index (χ0n) is 12.7. The molecule has 1 aromatic rings. The highest BCUT2D eigenvalue weighted by molar-refractivity contribution is 5.84. The van der Waals surface area contributed by atoms with Crippen LogP contribution >= 0.6 is 0 Å². The first-order chi connectivity index (χ1) is 10.2. The Morgan fingerprint density at radius 1 is 1.33 bits per heavy atom. The van der Waals surface area contributed by atoms with E-state index >= 15 is 0 Å². The van der Waals surface area contributed by atoms with Crippen LogP contribution in [0, 0.1) is 0 Å². The Morgan fingerprint density at radius 3 is 2.81 bits per heavy atom. The van der Waals surface area contributed by atoms with E-state index in [0.29, 0.717) is 18.5 Å². The molecule has 8 nitrogen and oxygen atoms in total. The molecule has 0 aliphatic carbocycles. The van der Waals surface area contributed by atoms with Crippen molar-refractivity contribution in [1.82, 2.24) is 20.3 Å². The number of anilines is 2. The van der Waals surface area contributed by atoms with Crippen LogP contribution in [0.2, 0.25) is 0 Å². The fraction of sp³-hybridized carbons (Fsp3) is 0.692. The third-order valence-corrected chi connectivity index (χ3v) is 3.41. The molecule has 2 N–H and O–H groups in total. The Labute approximate surface area is 124 Å². The van der Waals surface area contributed by atoms with E-state index in [1.165, 1.54) is 0 Å². The third-order valence-electron chi connectivity index (χ3n) is 3.41. The lowest BCUT2D eigenvalue weighted by Gasteiger charge is -2.34. The summed E-state index contributed by atoms with van der Waals surface area (Å²) in [4.78, 5) is 26.8. The molecule has 116 valence electrons. The lowest BCUT2D eigenvalue weighted by atomic mass is 10.0. The standard InChI is InChI=1S/C13H22N6O2/c1-4-21-13-17-11(15-3)16-12(18-13)19-8-6-5-7-9(19)10(20)14-2/h9H,4-8H2,1-3H3,(H,14,20)(H,15,16,17,18). The maximum Gasteiger partial charge on any atom is 0.323 e. The summed E-state index contributed by atoms with van der Waals surface area (Å²) in [6.07, 6.45) is 2.83. The lowest BCUT2D eigenvalue weighted by Crippen LogP contribution is -2.49. The van der Waals surface area contributed by atoms with E-state index in [9.17, 15) is 4.79 Å². The van der Waals surface area contributed by atoms with Gasteiger partial charge in [-0.05, 0) is 26.2 Å². The molecule has 8 heteroatoms. The van der Waals surface area contributed by atoms with Crippen molar-refractivity contribution in [3.63, 3.8) is 0 Å². The van der Waals surface area contributed by atoms with Crippen molar-refractivity contribution in [3.05, 3.63) is 0 Å². The van der Waals surface area contributed by atoms with Crippen molar-refractivity contribution >= 4 is 17.8 Å². The number of hydrogen-bond donors (Lipinski definition) is 2. The summed E-state index contributed by atoms with van der Waals surface area (Å²) in [6.45, 7) is 3.10. The molecule has 0 radical (unpaired) electrons. The lowest BCUT2D eigenvalue weighted by molar-refractivity contribution is -0.122. The highest BCUT2D eigenvalue weighted by atomic mass is 16.5. The SMILES string of the molecule is CCOc1nc(NC)nc(N2CCCCC2C(=O)NC)n1. The number of hydrogen-bond acceptors (Lipinski definition) is 7. The van der Waals surface area contributed by atoms with Gasteiger partial charge in [0, 0.05) is 20.6 Å². The Hall–Kier alpha value is -2.12. The molecule has 0 spiro atoms. The number of piperidine rings is 1. The molecule has 2 heterocycles. The quantitative estimate of drug-likeness (QED) is 0.813. The molecule has 1 amide bonds. The molecule has 1 atom stereocenters. The summed E-state index contributed by atoms with van der Waals surface area (Å²) in [6, 6.07) is 0.0263. The summed E-state index contributed by atoms with van der Waals surface area (Å²) in [5, 5.41) is 5.60. The van der Waals surface area contributed by atoms with Gasteiger partial charge in [-0.3, -0.25) is 4.79 Å². The number of amides is 1. The Balaban J connectivity index is 2.32. The highest BCUT2D eigenvalue weighted by Gasteiger charge is 2.30. The molecule has 0 aromatic carbocycles. The molecule has 0 saturated carbocycles. The van der Waals surface area contributed by atoms with Crippen LogP contribution < -0.4 is 20.3 Å². The first-order valence-electron chi connectivity index (χ1n) is 7.24. The van der Waals surface area contributed by atoms with Gasteiger partial charge in [-0.25, -0.2) is 0 Å². The van der Waals surface area contributed by atoms with Crippen molar-refractivity contribution in [2.75, 3.05) is 37.5 Å². The van der Waals surface area contributed by atoms with E-state index < -0.39 is 0 Å². The summed E-state index contributed by atoms with van der Waals surface area (Å²) in [5.74, 6) is 0.898. The number of nitrogens with zero attached hydrogens (tertiary/aromatic N) is 4. The molecule has 1 fully saturated rings. The maximum atomic E-state index is 12.0. The molecule has 1 aliphatic heterocycles. The van der Waals surface area contributed by atoms with E-state index in [-0.39, 0.29) is 18.0 Å². The zero-order chi connectivity index (χ0) is 15.2. The first kappa shape index (κ1) is 15.3. The van der Waals surface area contributed by atoms with Crippen LogP contribution in [0.1, 0.15) is 26.2 Å². The topological polar surface area (TPSA) is 92.3 Å². The summed E-state index contributed by atoms with van der Waals surface area (Å²) in [5.41, 5.74) is 0. The number of likely N-dealkylation sites (N-methyl/N-ethyl adjacent to an activating group) is 1. The number of rotatable bonds is 5. The smallest absolute Gasteiger partial charge is 0.323 e. The van der Waals surface area contributed by atoms with Crippen LogP contribution in [-0.4, -0.2) is 54.1 Å². The van der Waals surface area contributed by atoms with Gasteiger partial charge in [0.25, 0.3) is 0 Å². The minimum Gasteiger partial charge on any atom is -0.464 e. The largest absolute Gasteiger partial charge is 0.464 e. The van der Waals surface area contributed by atoms with Crippen molar-refractivity contribution in [1.29, 1.82) is 0 Å². The number of nitrogens with one attached hydrogen (secondary N) is 2. The van der Waals surface area contributed by atoms with Crippen LogP contribution in [0.15, 0.2) is 0 Å². The number of carbonyl (C=O) groups excluding carboxylic acids is 1. The fourth-order valence-corrected chi connectivity index (χ4v) is 2.39. The predicted molar refractivity (Wildman–Crippen MR) is 79.6 cm³/mol. The Kier molecular flexibility index (Phi) is 5.13. The predicted octanol–water partition coefficient (Wildman–Crippen LogP) is 0.417. The average Bonchev–Trinajstić information content (AvgIpc) is 2.54. The Bertz CT molecular complexity index is 496. The summed E-state index contributed by atoms with van der Waals surface area (Å²) >= 11 is 0. The van der Waals surface area contributed by atoms with Gasteiger partial charge < -0.3 is 20.3 Å². The van der Waals surface area contributed by atoms with Gasteiger partial charge in [0.1, 0.15) is 6.04 Å². The van der Waals surface area contributed by atoms with Gasteiger partial charge in [0.05, 0.1) is 6.61 Å². The molecule has 1 saturated heterocycles.